The molecular weight excluding hydrogens is 354 g/mol. The third kappa shape index (κ3) is 2.79. The van der Waals surface area contributed by atoms with E-state index in [2.05, 4.69) is 5.32 Å². The van der Waals surface area contributed by atoms with Gasteiger partial charge in [0.2, 0.25) is 0 Å². The van der Waals surface area contributed by atoms with Crippen LogP contribution in [0.25, 0.3) is 0 Å². The van der Waals surface area contributed by atoms with Crippen molar-refractivity contribution >= 4 is 11.8 Å². The molecule has 0 aromatic heterocycles. The van der Waals surface area contributed by atoms with E-state index >= 15 is 0 Å². The first-order chi connectivity index (χ1) is 12.3. The van der Waals surface area contributed by atoms with Crippen LogP contribution in [0.3, 0.4) is 0 Å². The molecule has 0 radical (unpaired) electrons. The Kier molecular flexibility index (Phi) is 4.60. The van der Waals surface area contributed by atoms with Crippen LogP contribution in [0.2, 0.25) is 0 Å². The highest BCUT2D eigenvalue weighted by molar-refractivity contribution is 6.04. The molecule has 1 unspecified atom stereocenters. The van der Waals surface area contributed by atoms with Crippen molar-refractivity contribution in [1.29, 1.82) is 0 Å². The predicted octanol–water partition coefficient (Wildman–Crippen LogP) is 3.61. The molecule has 1 aromatic rings. The molecule has 138 valence electrons. The number of hydrogen-bond acceptors (Lipinski definition) is 3. The number of nitrogens with one attached hydrogen (secondary N) is 1. The van der Waals surface area contributed by atoms with Gasteiger partial charge in [0, 0.05) is 35.2 Å². The van der Waals surface area contributed by atoms with Crippen molar-refractivity contribution in [2.45, 2.75) is 31.9 Å². The zero-order valence-electron chi connectivity index (χ0n) is 13.7. The smallest absolute Gasteiger partial charge is 0.334 e. The SMILES string of the molecule is CC(F)c1c(F)cc(F)cc1[C@@H]1C(C(=O)O)=C(CF)NC2=C1C(=O)CC2. The van der Waals surface area contributed by atoms with Crippen molar-refractivity contribution in [2.75, 3.05) is 6.67 Å². The summed E-state index contributed by atoms with van der Waals surface area (Å²) in [5.41, 5.74) is -1.41. The third-order valence-corrected chi connectivity index (χ3v) is 4.63. The summed E-state index contributed by atoms with van der Waals surface area (Å²) in [6.45, 7) is -0.158. The lowest BCUT2D eigenvalue weighted by Gasteiger charge is -2.30. The largest absolute Gasteiger partial charge is 0.478 e. The average molecular weight is 369 g/mol. The third-order valence-electron chi connectivity index (χ3n) is 4.63. The first-order valence-corrected chi connectivity index (χ1v) is 7.94. The Morgan fingerprint density at radius 3 is 2.62 bits per heavy atom. The molecule has 1 heterocycles. The summed E-state index contributed by atoms with van der Waals surface area (Å²) in [7, 11) is 0. The maximum absolute atomic E-state index is 14.2. The van der Waals surface area contributed by atoms with Crippen LogP contribution in [0.4, 0.5) is 17.6 Å². The molecule has 0 fully saturated rings. The van der Waals surface area contributed by atoms with Gasteiger partial charge >= 0.3 is 5.97 Å². The van der Waals surface area contributed by atoms with Gasteiger partial charge in [0.15, 0.2) is 5.78 Å². The predicted molar refractivity (Wildman–Crippen MR) is 83.7 cm³/mol. The Morgan fingerprint density at radius 1 is 1.35 bits per heavy atom. The van der Waals surface area contributed by atoms with Gasteiger partial charge in [0.05, 0.1) is 11.3 Å². The minimum atomic E-state index is -1.88. The molecule has 3 rings (SSSR count). The van der Waals surface area contributed by atoms with Gasteiger partial charge in [-0.1, -0.05) is 0 Å². The zero-order chi connectivity index (χ0) is 19.2. The van der Waals surface area contributed by atoms with Gasteiger partial charge < -0.3 is 10.4 Å². The second-order valence-corrected chi connectivity index (χ2v) is 6.21. The van der Waals surface area contributed by atoms with Crippen LogP contribution in [-0.4, -0.2) is 23.5 Å². The summed E-state index contributed by atoms with van der Waals surface area (Å²) in [6.07, 6.45) is -1.61. The monoisotopic (exact) mass is 369 g/mol. The fourth-order valence-electron chi connectivity index (χ4n) is 3.64. The molecule has 1 aliphatic heterocycles. The Bertz CT molecular complexity index is 873. The number of carboxylic acids is 1. The number of dihydropyridines is 1. The first kappa shape index (κ1) is 18.2. The number of ketones is 1. The maximum atomic E-state index is 14.2. The lowest BCUT2D eigenvalue weighted by molar-refractivity contribution is -0.133. The number of benzene rings is 1. The van der Waals surface area contributed by atoms with Crippen molar-refractivity contribution < 1.29 is 32.3 Å². The molecule has 0 bridgehead atoms. The highest BCUT2D eigenvalue weighted by Crippen LogP contribution is 2.46. The summed E-state index contributed by atoms with van der Waals surface area (Å²) in [6, 6.07) is 1.29. The fourth-order valence-corrected chi connectivity index (χ4v) is 3.64. The van der Waals surface area contributed by atoms with Crippen LogP contribution in [0.1, 0.15) is 43.0 Å². The van der Waals surface area contributed by atoms with E-state index < -0.39 is 53.3 Å². The van der Waals surface area contributed by atoms with Crippen molar-refractivity contribution in [3.8, 4) is 0 Å². The Morgan fingerprint density at radius 2 is 2.04 bits per heavy atom. The van der Waals surface area contributed by atoms with Gasteiger partial charge in [-0.25, -0.2) is 22.4 Å². The maximum Gasteiger partial charge on any atom is 0.334 e. The number of rotatable bonds is 4. The molecular formula is C18H15F4NO3. The van der Waals surface area contributed by atoms with Crippen molar-refractivity contribution in [2.24, 2.45) is 0 Å². The standard InChI is InChI=1S/C18H15F4NO3/c1-7(20)14-9(4-8(21)5-10(14)22)15-16-11(2-3-13(16)24)23-12(6-19)17(15)18(25)26/h4-5,7,15,23H,2-3,6H2,1H3,(H,25,26)/t7?,15-/m0/s1. The quantitative estimate of drug-likeness (QED) is 0.796. The van der Waals surface area contributed by atoms with E-state index in [0.717, 1.165) is 13.0 Å². The number of Topliss-reactive ketones (excluding diaryl/α,β-unsaturated/α-hetero) is 1. The number of hydrogen-bond donors (Lipinski definition) is 2. The van der Waals surface area contributed by atoms with Crippen LogP contribution >= 0.6 is 0 Å². The minimum absolute atomic E-state index is 0.00787. The first-order valence-electron chi connectivity index (χ1n) is 7.94. The molecule has 1 aliphatic carbocycles. The number of carbonyl (C=O) groups is 2. The fraction of sp³-hybridized carbons (Fsp3) is 0.333. The molecule has 2 aliphatic rings. The number of carboxylic acid groups (broad SMARTS) is 1. The van der Waals surface area contributed by atoms with E-state index in [1.165, 1.54) is 0 Å². The molecule has 4 nitrogen and oxygen atoms in total. The summed E-state index contributed by atoms with van der Waals surface area (Å²) in [4.78, 5) is 24.1. The number of allylic oxidation sites excluding steroid dienone is 3. The van der Waals surface area contributed by atoms with E-state index in [1.807, 2.05) is 0 Å². The lowest BCUT2D eigenvalue weighted by atomic mass is 9.77. The number of aliphatic carboxylic acids is 1. The summed E-state index contributed by atoms with van der Waals surface area (Å²) >= 11 is 0. The average Bonchev–Trinajstić information content (AvgIpc) is 2.92. The Balaban J connectivity index is 2.35. The second kappa shape index (κ2) is 6.59. The molecule has 1 aromatic carbocycles. The van der Waals surface area contributed by atoms with E-state index in [1.54, 1.807) is 0 Å². The Labute approximate surface area is 146 Å². The molecule has 0 spiro atoms. The minimum Gasteiger partial charge on any atom is -0.478 e. The van der Waals surface area contributed by atoms with E-state index in [0.29, 0.717) is 11.8 Å². The van der Waals surface area contributed by atoms with Crippen LogP contribution in [0.15, 0.2) is 34.7 Å². The van der Waals surface area contributed by atoms with Crippen LogP contribution < -0.4 is 5.32 Å². The molecule has 2 atom stereocenters. The van der Waals surface area contributed by atoms with E-state index in [9.17, 15) is 32.3 Å². The molecule has 26 heavy (non-hydrogen) atoms. The zero-order valence-corrected chi connectivity index (χ0v) is 13.7. The number of carbonyl (C=O) groups excluding carboxylic acids is 1. The summed E-state index contributed by atoms with van der Waals surface area (Å²) in [5.74, 6) is -5.64. The number of alkyl halides is 2. The van der Waals surface area contributed by atoms with E-state index in [4.69, 9.17) is 0 Å². The van der Waals surface area contributed by atoms with Crippen molar-refractivity contribution in [1.82, 2.24) is 5.32 Å². The van der Waals surface area contributed by atoms with Gasteiger partial charge in [-0.3, -0.25) is 4.79 Å². The highest BCUT2D eigenvalue weighted by Gasteiger charge is 2.42. The molecule has 8 heteroatoms. The highest BCUT2D eigenvalue weighted by atomic mass is 19.1. The molecule has 0 saturated carbocycles. The van der Waals surface area contributed by atoms with Gasteiger partial charge in [0.25, 0.3) is 0 Å². The summed E-state index contributed by atoms with van der Waals surface area (Å²) in [5, 5.41) is 12.2. The van der Waals surface area contributed by atoms with Gasteiger partial charge in [-0.2, -0.15) is 0 Å². The summed E-state index contributed by atoms with van der Waals surface area (Å²) < 4.78 is 55.6. The molecule has 2 N–H and O–H groups in total. The van der Waals surface area contributed by atoms with Gasteiger partial charge in [0.1, 0.15) is 24.5 Å². The van der Waals surface area contributed by atoms with Crippen LogP contribution in [-0.2, 0) is 9.59 Å². The second-order valence-electron chi connectivity index (χ2n) is 6.21. The molecule has 0 amide bonds. The normalized spacial score (nSPS) is 21.0. The number of halogens is 4. The van der Waals surface area contributed by atoms with Crippen LogP contribution in [0.5, 0.6) is 0 Å². The lowest BCUT2D eigenvalue weighted by Crippen LogP contribution is -2.31. The van der Waals surface area contributed by atoms with Crippen LogP contribution in [0, 0.1) is 11.6 Å². The van der Waals surface area contributed by atoms with E-state index in [-0.39, 0.29) is 29.7 Å². The van der Waals surface area contributed by atoms with Crippen molar-refractivity contribution in [3.63, 3.8) is 0 Å². The molecule has 0 saturated heterocycles. The van der Waals surface area contributed by atoms with Gasteiger partial charge in [-0.15, -0.1) is 0 Å². The Hall–Kier alpha value is -2.64. The van der Waals surface area contributed by atoms with Gasteiger partial charge in [-0.05, 0) is 25.0 Å². The topological polar surface area (TPSA) is 66.4 Å². The van der Waals surface area contributed by atoms with Crippen molar-refractivity contribution in [3.05, 3.63) is 57.4 Å².